The molecule has 1 unspecified atom stereocenters. The van der Waals surface area contributed by atoms with E-state index < -0.39 is 0 Å². The van der Waals surface area contributed by atoms with Crippen LogP contribution in [0.5, 0.6) is 0 Å². The second-order valence-corrected chi connectivity index (χ2v) is 4.92. The maximum absolute atomic E-state index is 9.19. The highest BCUT2D eigenvalue weighted by atomic mass is 16.5. The van der Waals surface area contributed by atoms with Crippen LogP contribution in [0.2, 0.25) is 0 Å². The van der Waals surface area contributed by atoms with Gasteiger partial charge in [0.15, 0.2) is 5.69 Å². The largest absolute Gasteiger partial charge is 0.379 e. The highest BCUT2D eigenvalue weighted by Crippen LogP contribution is 2.24. The number of aromatic nitrogens is 2. The fourth-order valence-corrected chi connectivity index (χ4v) is 2.50. The minimum absolute atomic E-state index is 0.210. The fourth-order valence-electron chi connectivity index (χ4n) is 2.50. The summed E-state index contributed by atoms with van der Waals surface area (Å²) in [6.45, 7) is 1.52. The minimum Gasteiger partial charge on any atom is -0.379 e. The Labute approximate surface area is 117 Å². The molecular formula is C15H16N4O. The van der Waals surface area contributed by atoms with Crippen LogP contribution in [0.25, 0.3) is 10.9 Å². The number of benzene rings is 1. The van der Waals surface area contributed by atoms with E-state index in [1.54, 1.807) is 0 Å². The van der Waals surface area contributed by atoms with Crippen LogP contribution in [0.3, 0.4) is 0 Å². The summed E-state index contributed by atoms with van der Waals surface area (Å²) in [5, 5.41) is 21.5. The van der Waals surface area contributed by atoms with E-state index in [-0.39, 0.29) is 6.10 Å². The normalized spacial score (nSPS) is 18.6. The molecule has 1 saturated heterocycles. The van der Waals surface area contributed by atoms with Crippen LogP contribution >= 0.6 is 0 Å². The molecule has 2 aromatic rings. The highest BCUT2D eigenvalue weighted by Gasteiger charge is 2.16. The summed E-state index contributed by atoms with van der Waals surface area (Å²) in [5.41, 5.74) is 1.88. The molecule has 0 aliphatic carbocycles. The Morgan fingerprint density at radius 1 is 1.30 bits per heavy atom. The Morgan fingerprint density at radius 2 is 2.20 bits per heavy atom. The molecule has 2 heterocycles. The molecule has 0 spiro atoms. The van der Waals surface area contributed by atoms with Gasteiger partial charge >= 0.3 is 0 Å². The molecule has 0 bridgehead atoms. The molecule has 20 heavy (non-hydrogen) atoms. The number of ether oxygens (including phenoxy) is 1. The van der Waals surface area contributed by atoms with Crippen LogP contribution in [0.15, 0.2) is 24.3 Å². The van der Waals surface area contributed by atoms with Crippen LogP contribution < -0.4 is 5.32 Å². The lowest BCUT2D eigenvalue weighted by atomic mass is 10.1. The Morgan fingerprint density at radius 3 is 3.00 bits per heavy atom. The first kappa shape index (κ1) is 12.8. The molecule has 0 saturated carbocycles. The van der Waals surface area contributed by atoms with Crippen molar-refractivity contribution >= 4 is 16.6 Å². The first-order valence-electron chi connectivity index (χ1n) is 6.89. The van der Waals surface area contributed by atoms with Gasteiger partial charge in [-0.15, -0.1) is 10.2 Å². The van der Waals surface area contributed by atoms with Crippen molar-refractivity contribution in [2.75, 3.05) is 18.5 Å². The standard InChI is InChI=1S/C15H16N4O/c16-9-14-15(17-10-11-5-3-4-8-20-11)12-6-1-2-7-13(12)18-19-14/h1-2,6-7,11H,3-5,8,10H2,(H,17,18). The zero-order chi connectivity index (χ0) is 13.8. The van der Waals surface area contributed by atoms with Gasteiger partial charge in [-0.3, -0.25) is 0 Å². The first-order chi connectivity index (χ1) is 9.88. The van der Waals surface area contributed by atoms with Crippen molar-refractivity contribution in [1.29, 1.82) is 5.26 Å². The third-order valence-corrected chi connectivity index (χ3v) is 3.55. The number of anilines is 1. The van der Waals surface area contributed by atoms with E-state index in [4.69, 9.17) is 4.74 Å². The predicted molar refractivity (Wildman–Crippen MR) is 76.3 cm³/mol. The molecule has 1 atom stereocenters. The van der Waals surface area contributed by atoms with E-state index in [0.29, 0.717) is 12.2 Å². The second kappa shape index (κ2) is 5.85. The maximum Gasteiger partial charge on any atom is 0.186 e. The number of hydrogen-bond acceptors (Lipinski definition) is 5. The molecule has 5 nitrogen and oxygen atoms in total. The van der Waals surface area contributed by atoms with E-state index in [2.05, 4.69) is 21.6 Å². The average molecular weight is 268 g/mol. The summed E-state index contributed by atoms with van der Waals surface area (Å²) in [4.78, 5) is 0. The molecule has 0 radical (unpaired) electrons. The highest BCUT2D eigenvalue weighted by molar-refractivity contribution is 5.92. The van der Waals surface area contributed by atoms with Gasteiger partial charge in [0.25, 0.3) is 0 Å². The van der Waals surface area contributed by atoms with Crippen molar-refractivity contribution in [3.8, 4) is 6.07 Å². The third-order valence-electron chi connectivity index (χ3n) is 3.55. The smallest absolute Gasteiger partial charge is 0.186 e. The molecule has 1 aromatic carbocycles. The Balaban J connectivity index is 1.87. The Kier molecular flexibility index (Phi) is 3.75. The van der Waals surface area contributed by atoms with E-state index in [0.717, 1.165) is 36.0 Å². The van der Waals surface area contributed by atoms with Gasteiger partial charge in [0.1, 0.15) is 6.07 Å². The van der Waals surface area contributed by atoms with Crippen LogP contribution in [-0.2, 0) is 4.74 Å². The number of fused-ring (bicyclic) bond motifs is 1. The molecule has 1 N–H and O–H groups in total. The second-order valence-electron chi connectivity index (χ2n) is 4.92. The molecule has 1 aliphatic heterocycles. The minimum atomic E-state index is 0.210. The summed E-state index contributed by atoms with van der Waals surface area (Å²) < 4.78 is 5.70. The van der Waals surface area contributed by atoms with Gasteiger partial charge in [0, 0.05) is 18.5 Å². The van der Waals surface area contributed by atoms with Crippen LogP contribution in [0, 0.1) is 11.3 Å². The van der Waals surface area contributed by atoms with E-state index in [1.807, 2.05) is 24.3 Å². The predicted octanol–water partition coefficient (Wildman–Crippen LogP) is 2.48. The molecular weight excluding hydrogens is 252 g/mol. The summed E-state index contributed by atoms with van der Waals surface area (Å²) in [6.07, 6.45) is 3.61. The van der Waals surface area contributed by atoms with Crippen molar-refractivity contribution in [2.24, 2.45) is 0 Å². The lowest BCUT2D eigenvalue weighted by Crippen LogP contribution is -2.27. The SMILES string of the molecule is N#Cc1nnc2ccccc2c1NCC1CCCCO1. The zero-order valence-electron chi connectivity index (χ0n) is 11.2. The molecule has 102 valence electrons. The van der Waals surface area contributed by atoms with Gasteiger partial charge in [-0.25, -0.2) is 0 Å². The molecule has 1 aromatic heterocycles. The topological polar surface area (TPSA) is 70.8 Å². The number of hydrogen-bond donors (Lipinski definition) is 1. The van der Waals surface area contributed by atoms with Gasteiger partial charge in [0.05, 0.1) is 17.3 Å². The van der Waals surface area contributed by atoms with E-state index >= 15 is 0 Å². The lowest BCUT2D eigenvalue weighted by molar-refractivity contribution is 0.0248. The fraction of sp³-hybridized carbons (Fsp3) is 0.400. The average Bonchev–Trinajstić information content (AvgIpc) is 2.53. The summed E-state index contributed by atoms with van der Waals surface area (Å²) in [7, 11) is 0. The number of rotatable bonds is 3. The van der Waals surface area contributed by atoms with Gasteiger partial charge in [-0.1, -0.05) is 18.2 Å². The van der Waals surface area contributed by atoms with Gasteiger partial charge in [0.2, 0.25) is 0 Å². The molecule has 0 amide bonds. The van der Waals surface area contributed by atoms with Crippen LogP contribution in [0.1, 0.15) is 25.0 Å². The monoisotopic (exact) mass is 268 g/mol. The van der Waals surface area contributed by atoms with Crippen LogP contribution in [-0.4, -0.2) is 29.5 Å². The zero-order valence-corrected chi connectivity index (χ0v) is 11.2. The molecule has 1 fully saturated rings. The van der Waals surface area contributed by atoms with Gasteiger partial charge < -0.3 is 10.1 Å². The van der Waals surface area contributed by atoms with Crippen LogP contribution in [0.4, 0.5) is 5.69 Å². The van der Waals surface area contributed by atoms with Crippen molar-refractivity contribution in [2.45, 2.75) is 25.4 Å². The third kappa shape index (κ3) is 2.56. The van der Waals surface area contributed by atoms with E-state index in [1.165, 1.54) is 6.42 Å². The number of nitrogens with one attached hydrogen (secondary N) is 1. The van der Waals surface area contributed by atoms with Gasteiger partial charge in [-0.05, 0) is 25.3 Å². The lowest BCUT2D eigenvalue weighted by Gasteiger charge is -2.23. The van der Waals surface area contributed by atoms with Gasteiger partial charge in [-0.2, -0.15) is 5.26 Å². The number of nitriles is 1. The quantitative estimate of drug-likeness (QED) is 0.926. The van der Waals surface area contributed by atoms with Crippen molar-refractivity contribution < 1.29 is 4.74 Å². The first-order valence-corrected chi connectivity index (χ1v) is 6.89. The Hall–Kier alpha value is -2.19. The van der Waals surface area contributed by atoms with Crippen molar-refractivity contribution in [1.82, 2.24) is 10.2 Å². The summed E-state index contributed by atoms with van der Waals surface area (Å²) in [6, 6.07) is 9.80. The summed E-state index contributed by atoms with van der Waals surface area (Å²) >= 11 is 0. The number of nitrogens with zero attached hydrogens (tertiary/aromatic N) is 3. The van der Waals surface area contributed by atoms with E-state index in [9.17, 15) is 5.26 Å². The molecule has 5 heteroatoms. The maximum atomic E-state index is 9.19. The Bertz CT molecular complexity index is 644. The van der Waals surface area contributed by atoms with Crippen molar-refractivity contribution in [3.63, 3.8) is 0 Å². The molecule has 1 aliphatic rings. The summed E-state index contributed by atoms with van der Waals surface area (Å²) in [5.74, 6) is 0. The van der Waals surface area contributed by atoms with Crippen molar-refractivity contribution in [3.05, 3.63) is 30.0 Å². The molecule has 3 rings (SSSR count).